The molecule has 0 saturated carbocycles. The van der Waals surface area contributed by atoms with Gasteiger partial charge in [-0.2, -0.15) is 18.4 Å². The molecule has 0 aromatic heterocycles. The summed E-state index contributed by atoms with van der Waals surface area (Å²) in [7, 11) is 0. The summed E-state index contributed by atoms with van der Waals surface area (Å²) in [5, 5.41) is 8.54. The van der Waals surface area contributed by atoms with E-state index in [0.29, 0.717) is 5.69 Å². The first-order valence-electron chi connectivity index (χ1n) is 5.73. The highest BCUT2D eigenvalue weighted by molar-refractivity contribution is 5.93. The lowest BCUT2D eigenvalue weighted by molar-refractivity contribution is -0.143. The van der Waals surface area contributed by atoms with Crippen LogP contribution in [0.25, 0.3) is 0 Å². The molecule has 0 radical (unpaired) electrons. The lowest BCUT2D eigenvalue weighted by atomic mass is 10.2. The van der Waals surface area contributed by atoms with E-state index in [1.807, 2.05) is 6.07 Å². The highest BCUT2D eigenvalue weighted by atomic mass is 19.4. The molecule has 6 heteroatoms. The largest absolute Gasteiger partial charge is 0.389 e. The van der Waals surface area contributed by atoms with E-state index < -0.39 is 24.9 Å². The van der Waals surface area contributed by atoms with Crippen LogP contribution in [0.3, 0.4) is 0 Å². The van der Waals surface area contributed by atoms with Crippen LogP contribution >= 0.6 is 0 Å². The number of hydrogen-bond acceptors (Lipinski definition) is 2. The van der Waals surface area contributed by atoms with Gasteiger partial charge in [0.05, 0.1) is 18.9 Å². The number of carbonyl (C=O) groups is 1. The van der Waals surface area contributed by atoms with E-state index in [0.717, 1.165) is 0 Å². The van der Waals surface area contributed by atoms with Gasteiger partial charge in [-0.05, 0) is 12.1 Å². The van der Waals surface area contributed by atoms with Gasteiger partial charge in [0.1, 0.15) is 0 Å². The first kappa shape index (κ1) is 15.0. The first-order chi connectivity index (χ1) is 8.94. The number of hydrogen-bond donors (Lipinski definition) is 0. The fourth-order valence-corrected chi connectivity index (χ4v) is 1.55. The molecule has 0 aliphatic carbocycles. The van der Waals surface area contributed by atoms with Crippen LogP contribution < -0.4 is 4.90 Å². The third-order valence-electron chi connectivity index (χ3n) is 2.44. The van der Waals surface area contributed by atoms with E-state index >= 15 is 0 Å². The summed E-state index contributed by atoms with van der Waals surface area (Å²) in [5.41, 5.74) is 0.505. The molecular formula is C13H13F3N2O. The van der Waals surface area contributed by atoms with Crippen LogP contribution in [-0.4, -0.2) is 18.6 Å². The van der Waals surface area contributed by atoms with Gasteiger partial charge in [-0.3, -0.25) is 4.79 Å². The Labute approximate surface area is 109 Å². The summed E-state index contributed by atoms with van der Waals surface area (Å²) in [6, 6.07) is 10.2. The van der Waals surface area contributed by atoms with Crippen molar-refractivity contribution in [2.75, 3.05) is 11.4 Å². The number of halogens is 3. The molecule has 0 unspecified atom stereocenters. The molecule has 0 N–H and O–H groups in total. The van der Waals surface area contributed by atoms with Gasteiger partial charge in [-0.25, -0.2) is 0 Å². The minimum absolute atomic E-state index is 0.0760. The summed E-state index contributed by atoms with van der Waals surface area (Å²) in [5.74, 6) is -0.626. The fraction of sp³-hybridized carbons (Fsp3) is 0.385. The van der Waals surface area contributed by atoms with Crippen LogP contribution in [0.2, 0.25) is 0 Å². The molecule has 3 nitrogen and oxygen atoms in total. The minimum Gasteiger partial charge on any atom is -0.311 e. The second-order valence-corrected chi connectivity index (χ2v) is 3.90. The number of alkyl halides is 3. The molecule has 1 aromatic carbocycles. The summed E-state index contributed by atoms with van der Waals surface area (Å²) in [6.45, 7) is 0.0944. The molecule has 19 heavy (non-hydrogen) atoms. The van der Waals surface area contributed by atoms with Gasteiger partial charge in [0.2, 0.25) is 5.91 Å². The lowest BCUT2D eigenvalue weighted by Gasteiger charge is -2.22. The van der Waals surface area contributed by atoms with Crippen LogP contribution in [0, 0.1) is 11.3 Å². The van der Waals surface area contributed by atoms with Crippen molar-refractivity contribution in [3.8, 4) is 6.07 Å². The van der Waals surface area contributed by atoms with Crippen molar-refractivity contribution in [1.29, 1.82) is 5.26 Å². The first-order valence-corrected chi connectivity index (χ1v) is 5.73. The molecule has 0 heterocycles. The van der Waals surface area contributed by atoms with Crippen molar-refractivity contribution in [2.45, 2.75) is 25.4 Å². The standard InChI is InChI=1S/C13H13F3N2O/c14-13(15,16)8-7-12(19)18(10-4-9-17)11-5-2-1-3-6-11/h1-3,5-6H,4,7-8,10H2. The maximum absolute atomic E-state index is 12.1. The summed E-state index contributed by atoms with van der Waals surface area (Å²) >= 11 is 0. The molecule has 0 fully saturated rings. The zero-order valence-corrected chi connectivity index (χ0v) is 10.2. The Bertz CT molecular complexity index is 451. The lowest BCUT2D eigenvalue weighted by Crippen LogP contribution is -2.32. The number of nitrogens with zero attached hydrogens (tertiary/aromatic N) is 2. The average molecular weight is 270 g/mol. The topological polar surface area (TPSA) is 44.1 Å². The van der Waals surface area contributed by atoms with Crippen molar-refractivity contribution >= 4 is 11.6 Å². The van der Waals surface area contributed by atoms with Crippen molar-refractivity contribution in [3.05, 3.63) is 30.3 Å². The van der Waals surface area contributed by atoms with Gasteiger partial charge in [0.25, 0.3) is 0 Å². The van der Waals surface area contributed by atoms with Crippen LogP contribution in [0.4, 0.5) is 18.9 Å². The Hall–Kier alpha value is -2.03. The van der Waals surface area contributed by atoms with Crippen molar-refractivity contribution in [3.63, 3.8) is 0 Å². The molecule has 102 valence electrons. The molecule has 1 aromatic rings. The van der Waals surface area contributed by atoms with Crippen molar-refractivity contribution in [2.24, 2.45) is 0 Å². The van der Waals surface area contributed by atoms with E-state index in [-0.39, 0.29) is 13.0 Å². The molecule has 0 saturated heterocycles. The van der Waals surface area contributed by atoms with Gasteiger partial charge in [-0.1, -0.05) is 18.2 Å². The smallest absolute Gasteiger partial charge is 0.311 e. The monoisotopic (exact) mass is 270 g/mol. The van der Waals surface area contributed by atoms with Gasteiger partial charge >= 0.3 is 6.18 Å². The molecule has 0 atom stereocenters. The summed E-state index contributed by atoms with van der Waals surface area (Å²) < 4.78 is 36.3. The summed E-state index contributed by atoms with van der Waals surface area (Å²) in [6.07, 6.45) is -6.04. The highest BCUT2D eigenvalue weighted by Crippen LogP contribution is 2.23. The SMILES string of the molecule is N#CCCN(C(=O)CCC(F)(F)F)c1ccccc1. The second kappa shape index (κ2) is 6.78. The fourth-order valence-electron chi connectivity index (χ4n) is 1.55. The van der Waals surface area contributed by atoms with E-state index in [1.54, 1.807) is 30.3 Å². The van der Waals surface area contributed by atoms with Gasteiger partial charge in [-0.15, -0.1) is 0 Å². The molecule has 1 rings (SSSR count). The second-order valence-electron chi connectivity index (χ2n) is 3.90. The van der Waals surface area contributed by atoms with E-state index in [2.05, 4.69) is 0 Å². The maximum Gasteiger partial charge on any atom is 0.389 e. The third kappa shape index (κ3) is 5.42. The maximum atomic E-state index is 12.1. The van der Waals surface area contributed by atoms with Crippen molar-refractivity contribution < 1.29 is 18.0 Å². The average Bonchev–Trinajstić information content (AvgIpc) is 2.37. The van der Waals surface area contributed by atoms with Gasteiger partial charge in [0, 0.05) is 18.7 Å². The number of para-hydroxylation sites is 1. The molecule has 0 aliphatic heterocycles. The van der Waals surface area contributed by atoms with Gasteiger partial charge in [0.15, 0.2) is 0 Å². The number of carbonyl (C=O) groups excluding carboxylic acids is 1. The number of anilines is 1. The molecular weight excluding hydrogens is 257 g/mol. The Balaban J connectivity index is 2.75. The predicted octanol–water partition coefficient (Wildman–Crippen LogP) is 3.28. The quantitative estimate of drug-likeness (QED) is 0.824. The Morgan fingerprint density at radius 2 is 1.89 bits per heavy atom. The van der Waals surface area contributed by atoms with E-state index in [4.69, 9.17) is 5.26 Å². The normalized spacial score (nSPS) is 10.8. The zero-order valence-electron chi connectivity index (χ0n) is 10.2. The number of benzene rings is 1. The molecule has 0 bridgehead atoms. The highest BCUT2D eigenvalue weighted by Gasteiger charge is 2.29. The Morgan fingerprint density at radius 1 is 1.26 bits per heavy atom. The zero-order chi connectivity index (χ0) is 14.3. The van der Waals surface area contributed by atoms with Gasteiger partial charge < -0.3 is 4.90 Å². The predicted molar refractivity (Wildman–Crippen MR) is 64.3 cm³/mol. The summed E-state index contributed by atoms with van der Waals surface area (Å²) in [4.78, 5) is 13.0. The third-order valence-corrected chi connectivity index (χ3v) is 2.44. The van der Waals surface area contributed by atoms with E-state index in [1.165, 1.54) is 4.90 Å². The Kier molecular flexibility index (Phi) is 5.37. The molecule has 0 spiro atoms. The Morgan fingerprint density at radius 3 is 2.42 bits per heavy atom. The minimum atomic E-state index is -4.35. The number of amides is 1. The molecule has 0 aliphatic rings. The van der Waals surface area contributed by atoms with Crippen LogP contribution in [-0.2, 0) is 4.79 Å². The van der Waals surface area contributed by atoms with Crippen LogP contribution in [0.5, 0.6) is 0 Å². The van der Waals surface area contributed by atoms with Crippen LogP contribution in [0.15, 0.2) is 30.3 Å². The van der Waals surface area contributed by atoms with Crippen molar-refractivity contribution in [1.82, 2.24) is 0 Å². The number of nitriles is 1. The molecule has 1 amide bonds. The number of rotatable bonds is 5. The van der Waals surface area contributed by atoms with Crippen LogP contribution in [0.1, 0.15) is 19.3 Å². The van der Waals surface area contributed by atoms with E-state index in [9.17, 15) is 18.0 Å².